The fourth-order valence-electron chi connectivity index (χ4n) is 1.26. The first kappa shape index (κ1) is 12.2. The lowest BCUT2D eigenvalue weighted by atomic mass is 10.3. The first-order valence-corrected chi connectivity index (χ1v) is 6.70. The molecule has 4 heteroatoms. The van der Waals surface area contributed by atoms with Crippen LogP contribution in [0.1, 0.15) is 26.2 Å². The molecule has 1 N–H and O–H groups in total. The molecule has 0 amide bonds. The van der Waals surface area contributed by atoms with Crippen molar-refractivity contribution in [3.8, 4) is 0 Å². The first-order chi connectivity index (χ1) is 7.17. The van der Waals surface area contributed by atoms with Gasteiger partial charge in [0.25, 0.3) is 0 Å². The average molecular weight is 227 g/mol. The van der Waals surface area contributed by atoms with E-state index in [-0.39, 0.29) is 0 Å². The number of nitrogens with one attached hydrogen (secondary N) is 1. The second-order valence-electron chi connectivity index (χ2n) is 3.42. The van der Waals surface area contributed by atoms with Crippen LogP contribution in [0.25, 0.3) is 0 Å². The summed E-state index contributed by atoms with van der Waals surface area (Å²) in [6.07, 6.45) is 3.03. The molecule has 0 saturated heterocycles. The smallest absolute Gasteiger partial charge is 0.211 e. The van der Waals surface area contributed by atoms with Crippen LogP contribution in [0.5, 0.6) is 0 Å². The zero-order valence-corrected chi connectivity index (χ0v) is 9.76. The molecule has 0 aliphatic heterocycles. The summed E-state index contributed by atoms with van der Waals surface area (Å²) < 4.78 is 26.0. The van der Waals surface area contributed by atoms with Gasteiger partial charge in [-0.2, -0.15) is 0 Å². The maximum atomic E-state index is 11.7. The van der Waals surface area contributed by atoms with E-state index in [0.29, 0.717) is 11.4 Å². The predicted molar refractivity (Wildman–Crippen MR) is 61.2 cm³/mol. The molecule has 84 valence electrons. The minimum Gasteiger partial charge on any atom is -0.211 e. The lowest BCUT2D eigenvalue weighted by molar-refractivity contribution is 0.576. The normalized spacial score (nSPS) is 11.5. The monoisotopic (exact) mass is 227 g/mol. The minimum atomic E-state index is -3.29. The Morgan fingerprint density at radius 3 is 2.40 bits per heavy atom. The topological polar surface area (TPSA) is 46.2 Å². The zero-order chi connectivity index (χ0) is 11.1. The van der Waals surface area contributed by atoms with Gasteiger partial charge in [0, 0.05) is 6.54 Å². The molecule has 0 saturated carbocycles. The van der Waals surface area contributed by atoms with Crippen LogP contribution in [0.4, 0.5) is 0 Å². The number of unbranched alkanes of at least 4 members (excludes halogenated alkanes) is 2. The molecule has 0 spiro atoms. The molecule has 0 bridgehead atoms. The number of benzene rings is 1. The first-order valence-electron chi connectivity index (χ1n) is 5.21. The van der Waals surface area contributed by atoms with Crippen molar-refractivity contribution in [2.45, 2.75) is 31.1 Å². The van der Waals surface area contributed by atoms with Crippen molar-refractivity contribution in [1.82, 2.24) is 4.72 Å². The molecule has 15 heavy (non-hydrogen) atoms. The highest BCUT2D eigenvalue weighted by atomic mass is 32.2. The molecule has 1 aromatic carbocycles. The Bertz CT molecular complexity index is 373. The van der Waals surface area contributed by atoms with Crippen LogP contribution >= 0.6 is 0 Å². The van der Waals surface area contributed by atoms with Gasteiger partial charge in [-0.3, -0.25) is 0 Å². The average Bonchev–Trinajstić information content (AvgIpc) is 2.26. The van der Waals surface area contributed by atoms with Crippen molar-refractivity contribution in [2.75, 3.05) is 6.54 Å². The maximum absolute atomic E-state index is 11.7. The third kappa shape index (κ3) is 4.01. The van der Waals surface area contributed by atoms with Crippen LogP contribution < -0.4 is 4.72 Å². The summed E-state index contributed by atoms with van der Waals surface area (Å²) in [5.41, 5.74) is 0. The molecule has 0 radical (unpaired) electrons. The van der Waals surface area contributed by atoms with E-state index >= 15 is 0 Å². The quantitative estimate of drug-likeness (QED) is 0.757. The van der Waals surface area contributed by atoms with Gasteiger partial charge in [-0.25, -0.2) is 13.1 Å². The van der Waals surface area contributed by atoms with E-state index in [1.807, 2.05) is 0 Å². The number of sulfonamides is 1. The van der Waals surface area contributed by atoms with E-state index in [1.165, 1.54) is 0 Å². The predicted octanol–water partition coefficient (Wildman–Crippen LogP) is 2.16. The lowest BCUT2D eigenvalue weighted by Crippen LogP contribution is -2.24. The van der Waals surface area contributed by atoms with E-state index in [2.05, 4.69) is 11.6 Å². The Labute approximate surface area is 91.6 Å². The van der Waals surface area contributed by atoms with E-state index in [4.69, 9.17) is 0 Å². The molecule has 0 aliphatic carbocycles. The number of rotatable bonds is 6. The number of hydrogen-bond acceptors (Lipinski definition) is 2. The second-order valence-corrected chi connectivity index (χ2v) is 5.18. The third-order valence-corrected chi connectivity index (χ3v) is 3.60. The molecule has 0 heterocycles. The summed E-state index contributed by atoms with van der Waals surface area (Å²) in [6.45, 7) is 2.61. The van der Waals surface area contributed by atoms with Crippen LogP contribution in [0.3, 0.4) is 0 Å². The van der Waals surface area contributed by atoms with Gasteiger partial charge in [0.1, 0.15) is 0 Å². The second kappa shape index (κ2) is 5.88. The van der Waals surface area contributed by atoms with Crippen molar-refractivity contribution in [3.05, 3.63) is 30.3 Å². The minimum absolute atomic E-state index is 0.335. The third-order valence-electron chi connectivity index (χ3n) is 2.13. The van der Waals surface area contributed by atoms with Crippen LogP contribution in [-0.4, -0.2) is 15.0 Å². The Morgan fingerprint density at radius 1 is 1.13 bits per heavy atom. The van der Waals surface area contributed by atoms with E-state index in [1.54, 1.807) is 30.3 Å². The van der Waals surface area contributed by atoms with Gasteiger partial charge in [-0.05, 0) is 18.6 Å². The molecule has 0 unspecified atom stereocenters. The summed E-state index contributed by atoms with van der Waals surface area (Å²) in [4.78, 5) is 0.335. The molecule has 3 nitrogen and oxygen atoms in total. The van der Waals surface area contributed by atoms with E-state index < -0.39 is 10.0 Å². The van der Waals surface area contributed by atoms with Crippen LogP contribution in [0.2, 0.25) is 0 Å². The van der Waals surface area contributed by atoms with Crippen LogP contribution in [0.15, 0.2) is 35.2 Å². The molecule has 1 aromatic rings. The molecule has 0 aromatic heterocycles. The molecule has 1 rings (SSSR count). The summed E-state index contributed by atoms with van der Waals surface area (Å²) in [6, 6.07) is 8.45. The molecule has 0 fully saturated rings. The molecule has 0 atom stereocenters. The molecule has 0 aliphatic rings. The Hall–Kier alpha value is -0.870. The Morgan fingerprint density at radius 2 is 1.80 bits per heavy atom. The van der Waals surface area contributed by atoms with Gasteiger partial charge < -0.3 is 0 Å². The van der Waals surface area contributed by atoms with Gasteiger partial charge >= 0.3 is 0 Å². The fourth-order valence-corrected chi connectivity index (χ4v) is 2.36. The molecular weight excluding hydrogens is 210 g/mol. The van der Waals surface area contributed by atoms with Crippen molar-refractivity contribution in [2.24, 2.45) is 0 Å². The Balaban J connectivity index is 2.53. The zero-order valence-electron chi connectivity index (χ0n) is 8.94. The van der Waals surface area contributed by atoms with Crippen molar-refractivity contribution >= 4 is 10.0 Å². The van der Waals surface area contributed by atoms with Gasteiger partial charge in [0.05, 0.1) is 4.90 Å². The maximum Gasteiger partial charge on any atom is 0.240 e. The fraction of sp³-hybridized carbons (Fsp3) is 0.455. The largest absolute Gasteiger partial charge is 0.240 e. The summed E-state index contributed by atoms with van der Waals surface area (Å²) >= 11 is 0. The van der Waals surface area contributed by atoms with Gasteiger partial charge in [-0.15, -0.1) is 0 Å². The highest BCUT2D eigenvalue weighted by Crippen LogP contribution is 2.07. The van der Waals surface area contributed by atoms with Crippen LogP contribution in [0, 0.1) is 0 Å². The summed E-state index contributed by atoms with van der Waals surface area (Å²) in [7, 11) is -3.29. The van der Waals surface area contributed by atoms with Gasteiger partial charge in [-0.1, -0.05) is 38.0 Å². The van der Waals surface area contributed by atoms with Crippen molar-refractivity contribution in [1.29, 1.82) is 0 Å². The van der Waals surface area contributed by atoms with Gasteiger partial charge in [0.15, 0.2) is 0 Å². The summed E-state index contributed by atoms with van der Waals surface area (Å²) in [5.74, 6) is 0. The van der Waals surface area contributed by atoms with Crippen molar-refractivity contribution in [3.63, 3.8) is 0 Å². The van der Waals surface area contributed by atoms with Crippen LogP contribution in [-0.2, 0) is 10.0 Å². The Kier molecular flexibility index (Phi) is 4.78. The van der Waals surface area contributed by atoms with Crippen molar-refractivity contribution < 1.29 is 8.42 Å². The number of hydrogen-bond donors (Lipinski definition) is 1. The van der Waals surface area contributed by atoms with Gasteiger partial charge in [0.2, 0.25) is 10.0 Å². The van der Waals surface area contributed by atoms with E-state index in [9.17, 15) is 8.42 Å². The summed E-state index contributed by atoms with van der Waals surface area (Å²) in [5, 5.41) is 0. The standard InChI is InChI=1S/C11H17NO2S/c1-2-3-7-10-12-15(13,14)11-8-5-4-6-9-11/h4-6,8-9,12H,2-3,7,10H2,1H3. The van der Waals surface area contributed by atoms with E-state index in [0.717, 1.165) is 19.3 Å². The lowest BCUT2D eigenvalue weighted by Gasteiger charge is -2.05. The molecular formula is C11H17NO2S. The SMILES string of the molecule is CCCCCNS(=O)(=O)c1ccccc1. The highest BCUT2D eigenvalue weighted by Gasteiger charge is 2.11. The highest BCUT2D eigenvalue weighted by molar-refractivity contribution is 7.89.